The fourth-order valence-corrected chi connectivity index (χ4v) is 3.02. The van der Waals surface area contributed by atoms with Crippen molar-refractivity contribution in [3.8, 4) is 5.75 Å². The van der Waals surface area contributed by atoms with Crippen LogP contribution >= 0.6 is 11.3 Å². The minimum Gasteiger partial charge on any atom is -0.489 e. The molecular formula is C19H19NO2S. The second kappa shape index (κ2) is 7.79. The predicted octanol–water partition coefficient (Wildman–Crippen LogP) is 4.13. The smallest absolute Gasteiger partial charge is 0.246 e. The average Bonchev–Trinajstić information content (AvgIpc) is 3.12. The van der Waals surface area contributed by atoms with E-state index in [1.165, 1.54) is 5.56 Å². The van der Waals surface area contributed by atoms with E-state index in [4.69, 9.17) is 4.74 Å². The maximum Gasteiger partial charge on any atom is 0.246 e. The zero-order valence-electron chi connectivity index (χ0n) is 12.9. The fraction of sp³-hybridized carbons (Fsp3) is 0.211. The summed E-state index contributed by atoms with van der Waals surface area (Å²) in [6.07, 6.45) is 8.57. The van der Waals surface area contributed by atoms with Crippen molar-refractivity contribution in [3.05, 3.63) is 70.4 Å². The van der Waals surface area contributed by atoms with Gasteiger partial charge in [0.05, 0.1) is 0 Å². The Hall–Kier alpha value is -2.33. The van der Waals surface area contributed by atoms with Crippen LogP contribution in [-0.2, 0) is 11.4 Å². The van der Waals surface area contributed by atoms with Crippen LogP contribution in [0.3, 0.4) is 0 Å². The Morgan fingerprint density at radius 3 is 3.04 bits per heavy atom. The lowest BCUT2D eigenvalue weighted by molar-refractivity contribution is -0.125. The molecule has 0 unspecified atom stereocenters. The lowest BCUT2D eigenvalue weighted by atomic mass is 10.2. The van der Waals surface area contributed by atoms with E-state index in [0.29, 0.717) is 13.2 Å². The van der Waals surface area contributed by atoms with Crippen LogP contribution in [0.25, 0.3) is 6.08 Å². The van der Waals surface area contributed by atoms with Crippen molar-refractivity contribution in [1.82, 2.24) is 4.90 Å². The molecule has 3 nitrogen and oxygen atoms in total. The van der Waals surface area contributed by atoms with Gasteiger partial charge in [-0.15, -0.1) is 0 Å². The Balaban J connectivity index is 1.59. The van der Waals surface area contributed by atoms with Gasteiger partial charge in [0, 0.05) is 19.2 Å². The van der Waals surface area contributed by atoms with Crippen molar-refractivity contribution in [2.45, 2.75) is 13.0 Å². The summed E-state index contributed by atoms with van der Waals surface area (Å²) in [7, 11) is 0. The van der Waals surface area contributed by atoms with E-state index >= 15 is 0 Å². The molecule has 1 amide bonds. The molecule has 0 radical (unpaired) electrons. The molecule has 0 spiro atoms. The minimum atomic E-state index is 0.0546. The van der Waals surface area contributed by atoms with Crippen LogP contribution in [0.5, 0.6) is 5.75 Å². The number of nitrogens with zero attached hydrogens (tertiary/aromatic N) is 1. The van der Waals surface area contributed by atoms with Gasteiger partial charge in [0.1, 0.15) is 12.4 Å². The molecule has 0 fully saturated rings. The first-order chi connectivity index (χ1) is 11.3. The highest BCUT2D eigenvalue weighted by Gasteiger charge is 2.10. The van der Waals surface area contributed by atoms with Crippen LogP contribution in [-0.4, -0.2) is 23.9 Å². The molecule has 0 saturated carbocycles. The van der Waals surface area contributed by atoms with Crippen molar-refractivity contribution in [2.75, 3.05) is 13.1 Å². The van der Waals surface area contributed by atoms with E-state index in [1.807, 2.05) is 46.7 Å². The number of carbonyl (C=O) groups excluding carboxylic acids is 1. The molecule has 0 N–H and O–H groups in total. The Labute approximate surface area is 140 Å². The quantitative estimate of drug-likeness (QED) is 0.611. The molecule has 1 aromatic heterocycles. The Bertz CT molecular complexity index is 704. The van der Waals surface area contributed by atoms with Crippen molar-refractivity contribution in [3.63, 3.8) is 0 Å². The Kier molecular flexibility index (Phi) is 5.27. The number of benzene rings is 1. The first-order valence-corrected chi connectivity index (χ1v) is 8.61. The summed E-state index contributed by atoms with van der Waals surface area (Å²) in [5.74, 6) is 0.866. The van der Waals surface area contributed by atoms with Gasteiger partial charge in [-0.3, -0.25) is 4.79 Å². The third-order valence-corrected chi connectivity index (χ3v) is 4.36. The molecule has 0 atom stereocenters. The molecule has 3 rings (SSSR count). The molecule has 2 aromatic rings. The molecule has 1 aliphatic rings. The zero-order valence-corrected chi connectivity index (χ0v) is 13.7. The second-order valence-corrected chi connectivity index (χ2v) is 6.15. The third-order valence-electron chi connectivity index (χ3n) is 3.63. The number of hydrogen-bond donors (Lipinski definition) is 0. The van der Waals surface area contributed by atoms with Crippen LogP contribution in [0.2, 0.25) is 0 Å². The highest BCUT2D eigenvalue weighted by Crippen LogP contribution is 2.17. The lowest BCUT2D eigenvalue weighted by Crippen LogP contribution is -2.32. The van der Waals surface area contributed by atoms with E-state index < -0.39 is 0 Å². The standard InChI is InChI=1S/C19H19NO2S/c21-19(20-10-2-1-3-11-20)8-7-16-5-4-6-18(13-16)22-14-17-9-12-23-15-17/h1-2,4-9,12-13,15H,3,10-11,14H2/b8-7+. The van der Waals surface area contributed by atoms with Gasteiger partial charge in [-0.1, -0.05) is 24.3 Å². The molecule has 0 bridgehead atoms. The van der Waals surface area contributed by atoms with Gasteiger partial charge in [0.25, 0.3) is 0 Å². The lowest BCUT2D eigenvalue weighted by Gasteiger charge is -2.21. The Morgan fingerprint density at radius 2 is 2.26 bits per heavy atom. The second-order valence-electron chi connectivity index (χ2n) is 5.37. The molecule has 4 heteroatoms. The molecular weight excluding hydrogens is 306 g/mol. The Morgan fingerprint density at radius 1 is 1.30 bits per heavy atom. The van der Waals surface area contributed by atoms with Gasteiger partial charge >= 0.3 is 0 Å². The number of amides is 1. The van der Waals surface area contributed by atoms with E-state index in [1.54, 1.807) is 17.4 Å². The van der Waals surface area contributed by atoms with Gasteiger partial charge in [-0.05, 0) is 52.6 Å². The minimum absolute atomic E-state index is 0.0546. The number of rotatable bonds is 5. The molecule has 0 aliphatic carbocycles. The summed E-state index contributed by atoms with van der Waals surface area (Å²) < 4.78 is 5.78. The molecule has 23 heavy (non-hydrogen) atoms. The largest absolute Gasteiger partial charge is 0.489 e. The van der Waals surface area contributed by atoms with Crippen molar-refractivity contribution in [2.24, 2.45) is 0 Å². The summed E-state index contributed by atoms with van der Waals surface area (Å²) in [6, 6.07) is 9.85. The molecule has 2 heterocycles. The summed E-state index contributed by atoms with van der Waals surface area (Å²) in [5.41, 5.74) is 2.14. The van der Waals surface area contributed by atoms with Crippen LogP contribution in [0.1, 0.15) is 17.5 Å². The van der Waals surface area contributed by atoms with Crippen LogP contribution in [0.4, 0.5) is 0 Å². The van der Waals surface area contributed by atoms with Crippen molar-refractivity contribution in [1.29, 1.82) is 0 Å². The van der Waals surface area contributed by atoms with Gasteiger partial charge in [-0.25, -0.2) is 0 Å². The maximum atomic E-state index is 12.1. The molecule has 1 aliphatic heterocycles. The maximum absolute atomic E-state index is 12.1. The average molecular weight is 325 g/mol. The highest BCUT2D eigenvalue weighted by molar-refractivity contribution is 7.07. The first-order valence-electron chi connectivity index (χ1n) is 7.67. The monoisotopic (exact) mass is 325 g/mol. The van der Waals surface area contributed by atoms with Crippen molar-refractivity contribution < 1.29 is 9.53 Å². The molecule has 1 aromatic carbocycles. The summed E-state index contributed by atoms with van der Waals surface area (Å²) in [6.45, 7) is 2.06. The van der Waals surface area contributed by atoms with Gasteiger partial charge < -0.3 is 9.64 Å². The van der Waals surface area contributed by atoms with E-state index in [0.717, 1.165) is 24.3 Å². The van der Waals surface area contributed by atoms with Gasteiger partial charge in [-0.2, -0.15) is 11.3 Å². The molecule has 118 valence electrons. The van der Waals surface area contributed by atoms with Crippen LogP contribution < -0.4 is 4.74 Å². The first kappa shape index (κ1) is 15.6. The van der Waals surface area contributed by atoms with Gasteiger partial charge in [0.15, 0.2) is 0 Å². The van der Waals surface area contributed by atoms with Crippen LogP contribution in [0.15, 0.2) is 59.3 Å². The van der Waals surface area contributed by atoms with E-state index in [-0.39, 0.29) is 5.91 Å². The number of ether oxygens (including phenoxy) is 1. The SMILES string of the molecule is O=C(/C=C/c1cccc(OCc2ccsc2)c1)N1CC=CCC1. The summed E-state index contributed by atoms with van der Waals surface area (Å²) in [5, 5.41) is 4.12. The predicted molar refractivity (Wildman–Crippen MR) is 94.5 cm³/mol. The van der Waals surface area contributed by atoms with Crippen molar-refractivity contribution >= 4 is 23.3 Å². The zero-order chi connectivity index (χ0) is 15.9. The molecule has 0 saturated heterocycles. The normalized spacial score (nSPS) is 14.3. The number of thiophene rings is 1. The highest BCUT2D eigenvalue weighted by atomic mass is 32.1. The number of hydrogen-bond acceptors (Lipinski definition) is 3. The van der Waals surface area contributed by atoms with Gasteiger partial charge in [0.2, 0.25) is 5.91 Å². The van der Waals surface area contributed by atoms with Crippen LogP contribution in [0, 0.1) is 0 Å². The summed E-state index contributed by atoms with van der Waals surface area (Å²) >= 11 is 1.66. The van der Waals surface area contributed by atoms with E-state index in [2.05, 4.69) is 17.5 Å². The third kappa shape index (κ3) is 4.57. The van der Waals surface area contributed by atoms with E-state index in [9.17, 15) is 4.79 Å². The number of carbonyl (C=O) groups is 1. The summed E-state index contributed by atoms with van der Waals surface area (Å²) in [4.78, 5) is 14.0. The fourth-order valence-electron chi connectivity index (χ4n) is 2.36. The topological polar surface area (TPSA) is 29.5 Å².